The summed E-state index contributed by atoms with van der Waals surface area (Å²) in [5.41, 5.74) is -1.68. The lowest BCUT2D eigenvalue weighted by Gasteiger charge is -2.44. The molecular formula is C15H13F4N5OS. The molecule has 0 saturated heterocycles. The fourth-order valence-electron chi connectivity index (χ4n) is 2.46. The van der Waals surface area contributed by atoms with Gasteiger partial charge in [0.25, 0.3) is 0 Å². The van der Waals surface area contributed by atoms with Crippen molar-refractivity contribution in [1.82, 2.24) is 10.2 Å². The number of halogens is 4. The Balaban J connectivity index is 2.93. The molecule has 6 nitrogen and oxygen atoms in total. The third-order valence-corrected chi connectivity index (χ3v) is 4.25. The van der Waals surface area contributed by atoms with Crippen molar-refractivity contribution in [1.29, 1.82) is 10.7 Å². The average molecular weight is 387 g/mol. The number of para-hydroxylation sites is 1. The number of nitrogens with zero attached hydrogens (tertiary/aromatic N) is 2. The van der Waals surface area contributed by atoms with Crippen LogP contribution in [0.3, 0.4) is 0 Å². The number of benzene rings is 1. The van der Waals surface area contributed by atoms with E-state index in [9.17, 15) is 23.2 Å². The summed E-state index contributed by atoms with van der Waals surface area (Å²) in [6.07, 6.45) is -4.08. The number of amides is 2. The lowest BCUT2D eigenvalue weighted by molar-refractivity contribution is -0.275. The molecule has 0 radical (unpaired) electrons. The summed E-state index contributed by atoms with van der Waals surface area (Å²) < 4.78 is 56.9. The molecule has 1 aliphatic rings. The summed E-state index contributed by atoms with van der Waals surface area (Å²) in [4.78, 5) is 12.0. The van der Waals surface area contributed by atoms with Crippen molar-refractivity contribution in [2.24, 2.45) is 0 Å². The van der Waals surface area contributed by atoms with Crippen molar-refractivity contribution in [3.63, 3.8) is 0 Å². The van der Waals surface area contributed by atoms with Gasteiger partial charge in [0.1, 0.15) is 22.5 Å². The van der Waals surface area contributed by atoms with E-state index >= 15 is 4.39 Å². The molecule has 11 heteroatoms. The minimum atomic E-state index is -5.51. The predicted molar refractivity (Wildman–Crippen MR) is 89.1 cm³/mol. The number of rotatable bonds is 1. The number of hydrogen-bond acceptors (Lipinski definition) is 5. The minimum absolute atomic E-state index is 0.210. The normalized spacial score (nSPS) is 21.2. The van der Waals surface area contributed by atoms with Crippen LogP contribution in [0.1, 0.15) is 5.56 Å². The first-order chi connectivity index (χ1) is 12.1. The van der Waals surface area contributed by atoms with Gasteiger partial charge >= 0.3 is 18.0 Å². The van der Waals surface area contributed by atoms with Gasteiger partial charge < -0.3 is 10.6 Å². The zero-order chi connectivity index (χ0) is 19.7. The van der Waals surface area contributed by atoms with Crippen LogP contribution >= 0.6 is 11.8 Å². The van der Waals surface area contributed by atoms with Crippen molar-refractivity contribution in [3.8, 4) is 6.07 Å². The van der Waals surface area contributed by atoms with E-state index < -0.39 is 40.0 Å². The first-order valence-electron chi connectivity index (χ1n) is 7.04. The Morgan fingerprint density at radius 2 is 2.04 bits per heavy atom. The lowest BCUT2D eigenvalue weighted by Crippen LogP contribution is -2.60. The molecule has 1 aromatic rings. The van der Waals surface area contributed by atoms with Gasteiger partial charge in [-0.2, -0.15) is 18.4 Å². The summed E-state index contributed by atoms with van der Waals surface area (Å²) in [6, 6.07) is 4.80. The second kappa shape index (κ2) is 6.87. The minimum Gasteiger partial charge on any atom is -0.341 e. The molecule has 0 fully saturated rings. The van der Waals surface area contributed by atoms with E-state index in [0.717, 1.165) is 24.9 Å². The fourth-order valence-corrected chi connectivity index (χ4v) is 2.81. The highest BCUT2D eigenvalue weighted by Crippen LogP contribution is 2.52. The van der Waals surface area contributed by atoms with Gasteiger partial charge in [0.2, 0.25) is 0 Å². The summed E-state index contributed by atoms with van der Waals surface area (Å²) in [5, 5.41) is 21.1. The molecule has 0 aromatic heterocycles. The van der Waals surface area contributed by atoms with Gasteiger partial charge in [-0.15, -0.1) is 11.8 Å². The van der Waals surface area contributed by atoms with Gasteiger partial charge in [0, 0.05) is 18.3 Å². The van der Waals surface area contributed by atoms with Gasteiger partial charge in [-0.25, -0.2) is 14.1 Å². The van der Waals surface area contributed by atoms with E-state index in [-0.39, 0.29) is 10.6 Å². The molecule has 2 rings (SSSR count). The first kappa shape index (κ1) is 19.6. The van der Waals surface area contributed by atoms with Gasteiger partial charge in [0.05, 0.1) is 0 Å². The van der Waals surface area contributed by atoms with Gasteiger partial charge in [-0.1, -0.05) is 18.2 Å². The molecule has 26 heavy (non-hydrogen) atoms. The third kappa shape index (κ3) is 2.86. The Morgan fingerprint density at radius 3 is 2.54 bits per heavy atom. The lowest BCUT2D eigenvalue weighted by atomic mass is 9.96. The topological polar surface area (TPSA) is 92.0 Å². The quantitative estimate of drug-likeness (QED) is 0.226. The van der Waals surface area contributed by atoms with Crippen LogP contribution in [0.25, 0.3) is 0 Å². The summed E-state index contributed by atoms with van der Waals surface area (Å²) in [7, 11) is 1.03. The van der Waals surface area contributed by atoms with Gasteiger partial charge in [-0.05, 0) is 12.3 Å². The number of hydrogen-bond donors (Lipinski definition) is 3. The van der Waals surface area contributed by atoms with Crippen LogP contribution in [0.2, 0.25) is 0 Å². The van der Waals surface area contributed by atoms with E-state index in [2.05, 4.69) is 5.32 Å². The second-order valence-corrected chi connectivity index (χ2v) is 5.87. The fraction of sp³-hybridized carbons (Fsp3) is 0.267. The molecule has 1 unspecified atom stereocenters. The number of nitriles is 1. The largest absolute Gasteiger partial charge is 0.447 e. The highest BCUT2D eigenvalue weighted by atomic mass is 32.2. The molecular weight excluding hydrogens is 374 g/mol. The number of alkyl halides is 4. The van der Waals surface area contributed by atoms with E-state index in [1.165, 1.54) is 24.5 Å². The van der Waals surface area contributed by atoms with E-state index in [4.69, 9.17) is 5.41 Å². The van der Waals surface area contributed by atoms with Crippen molar-refractivity contribution in [2.45, 2.75) is 12.0 Å². The van der Waals surface area contributed by atoms with Crippen molar-refractivity contribution in [2.75, 3.05) is 18.6 Å². The van der Waals surface area contributed by atoms with Gasteiger partial charge in [-0.3, -0.25) is 5.41 Å². The Labute approximate surface area is 150 Å². The molecule has 2 amide bonds. The highest BCUT2D eigenvalue weighted by Gasteiger charge is 2.66. The monoisotopic (exact) mass is 387 g/mol. The Morgan fingerprint density at radius 1 is 1.42 bits per heavy atom. The van der Waals surface area contributed by atoms with Gasteiger partial charge in [0.15, 0.2) is 0 Å². The van der Waals surface area contributed by atoms with Crippen LogP contribution in [0, 0.1) is 16.7 Å². The third-order valence-electron chi connectivity index (χ3n) is 3.64. The SMILES string of the molecule is CNC(=O)N1/C(=C(\C#N)C(=N)SC)Nc2ccccc2C1(F)C(F)(F)F. The number of nitrogens with one attached hydrogen (secondary N) is 3. The molecule has 1 atom stereocenters. The smallest absolute Gasteiger partial charge is 0.341 e. The summed E-state index contributed by atoms with van der Waals surface area (Å²) >= 11 is 0.762. The average Bonchev–Trinajstić information content (AvgIpc) is 2.60. The zero-order valence-electron chi connectivity index (χ0n) is 13.5. The predicted octanol–water partition coefficient (Wildman–Crippen LogP) is 3.51. The second-order valence-electron chi connectivity index (χ2n) is 5.05. The molecule has 3 N–H and O–H groups in total. The number of fused-ring (bicyclic) bond motifs is 1. The van der Waals surface area contributed by atoms with E-state index in [0.29, 0.717) is 0 Å². The maximum Gasteiger partial charge on any atom is 0.447 e. The Hall–Kier alpha value is -2.74. The summed E-state index contributed by atoms with van der Waals surface area (Å²) in [6.45, 7) is 0. The standard InChI is InChI=1S/C15H13F4N5OS/c1-22-13(25)24-12(8(7-20)11(21)26-2)23-10-6-4-3-5-9(10)14(24,16)15(17,18)19/h3-6,21,23H,1-2H3,(H,22,25)/b12-8+,21-11?. The van der Waals surface area contributed by atoms with E-state index in [1.54, 1.807) is 6.07 Å². The maximum atomic E-state index is 15.6. The van der Waals surface area contributed by atoms with Crippen molar-refractivity contribution >= 4 is 28.5 Å². The maximum absolute atomic E-state index is 15.6. The van der Waals surface area contributed by atoms with Crippen LogP contribution in [0.15, 0.2) is 35.7 Å². The zero-order valence-corrected chi connectivity index (χ0v) is 14.3. The Bertz CT molecular complexity index is 832. The summed E-state index contributed by atoms with van der Waals surface area (Å²) in [5.74, 6) is -4.99. The molecule has 0 bridgehead atoms. The molecule has 1 aromatic carbocycles. The van der Waals surface area contributed by atoms with Crippen LogP contribution < -0.4 is 10.6 Å². The molecule has 1 aliphatic heterocycles. The van der Waals surface area contributed by atoms with Crippen molar-refractivity contribution in [3.05, 3.63) is 41.2 Å². The van der Waals surface area contributed by atoms with Crippen LogP contribution in [0.5, 0.6) is 0 Å². The number of carbonyl (C=O) groups excluding carboxylic acids is 1. The van der Waals surface area contributed by atoms with Crippen LogP contribution in [-0.2, 0) is 5.79 Å². The molecule has 0 saturated carbocycles. The van der Waals surface area contributed by atoms with Crippen LogP contribution in [-0.4, -0.2) is 35.5 Å². The number of thioether (sulfide) groups is 1. The molecule has 1 heterocycles. The Kier molecular flexibility index (Phi) is 5.18. The van der Waals surface area contributed by atoms with Crippen LogP contribution in [0.4, 0.5) is 28.0 Å². The van der Waals surface area contributed by atoms with Crippen molar-refractivity contribution < 1.29 is 22.4 Å². The molecule has 0 aliphatic carbocycles. The number of urea groups is 1. The number of carbonyl (C=O) groups is 1. The molecule has 138 valence electrons. The first-order valence-corrected chi connectivity index (χ1v) is 8.27. The molecule has 0 spiro atoms. The van der Waals surface area contributed by atoms with E-state index in [1.807, 2.05) is 5.32 Å². The number of anilines is 1. The highest BCUT2D eigenvalue weighted by molar-refractivity contribution is 8.13.